The van der Waals surface area contributed by atoms with Crippen LogP contribution < -0.4 is 5.73 Å². The Morgan fingerprint density at radius 3 is 2.48 bits per heavy atom. The van der Waals surface area contributed by atoms with Gasteiger partial charge in [0.25, 0.3) is 0 Å². The van der Waals surface area contributed by atoms with Crippen LogP contribution in [0.2, 0.25) is 0 Å². The maximum absolute atomic E-state index is 5.88. The Morgan fingerprint density at radius 2 is 1.81 bits per heavy atom. The molecule has 2 heterocycles. The van der Waals surface area contributed by atoms with Crippen molar-refractivity contribution in [2.45, 2.75) is 31.7 Å². The van der Waals surface area contributed by atoms with Crippen LogP contribution in [0.15, 0.2) is 27.8 Å². The number of benzene rings is 1. The number of aromatic nitrogens is 3. The van der Waals surface area contributed by atoms with Crippen molar-refractivity contribution < 1.29 is 4.42 Å². The van der Waals surface area contributed by atoms with Crippen LogP contribution in [0.5, 0.6) is 0 Å². The molecule has 0 saturated heterocycles. The molecule has 0 saturated carbocycles. The maximum atomic E-state index is 5.88. The lowest BCUT2D eigenvalue weighted by Gasteiger charge is -2.05. The third-order valence-electron chi connectivity index (χ3n) is 3.43. The number of nitrogen functional groups attached to an aromatic ring is 1. The average Bonchev–Trinajstić information content (AvgIpc) is 2.87. The van der Waals surface area contributed by atoms with E-state index in [0.717, 1.165) is 22.1 Å². The smallest absolute Gasteiger partial charge is 0.206 e. The van der Waals surface area contributed by atoms with Gasteiger partial charge in [0.15, 0.2) is 10.7 Å². The topological polar surface area (TPSA) is 77.8 Å². The Bertz CT molecular complexity index is 790. The normalized spacial score (nSPS) is 11.2. The highest BCUT2D eigenvalue weighted by Crippen LogP contribution is 2.26. The zero-order chi connectivity index (χ0) is 15.0. The van der Waals surface area contributed by atoms with Crippen LogP contribution in [0, 0.1) is 20.8 Å². The summed E-state index contributed by atoms with van der Waals surface area (Å²) in [5, 5.41) is 0.742. The number of para-hydroxylation sites is 1. The molecular formula is C15H16N4OS. The molecule has 0 aliphatic rings. The number of oxazole rings is 1. The molecule has 0 fully saturated rings. The molecule has 0 atom stereocenters. The molecule has 0 spiro atoms. The molecular weight excluding hydrogens is 284 g/mol. The predicted octanol–water partition coefficient (Wildman–Crippen LogP) is 3.42. The SMILES string of the molecule is Cc1nc(SCc2nc3c(N)cccc3o2)nc(C)c1C. The number of hydrogen-bond donors (Lipinski definition) is 1. The monoisotopic (exact) mass is 300 g/mol. The molecule has 0 aliphatic carbocycles. The Morgan fingerprint density at radius 1 is 1.10 bits per heavy atom. The number of aryl methyl sites for hydroxylation is 2. The Kier molecular flexibility index (Phi) is 3.55. The van der Waals surface area contributed by atoms with E-state index in [0.29, 0.717) is 28.4 Å². The zero-order valence-electron chi connectivity index (χ0n) is 12.2. The summed E-state index contributed by atoms with van der Waals surface area (Å²) in [5.41, 5.74) is 11.1. The minimum absolute atomic E-state index is 0.579. The number of thioether (sulfide) groups is 1. The van der Waals surface area contributed by atoms with Crippen LogP contribution in [0.1, 0.15) is 22.8 Å². The molecule has 0 radical (unpaired) electrons. The summed E-state index contributed by atoms with van der Waals surface area (Å²) in [6.45, 7) is 6.02. The van der Waals surface area contributed by atoms with Crippen LogP contribution in [-0.2, 0) is 5.75 Å². The van der Waals surface area contributed by atoms with E-state index < -0.39 is 0 Å². The van der Waals surface area contributed by atoms with Gasteiger partial charge in [-0.1, -0.05) is 17.8 Å². The molecule has 21 heavy (non-hydrogen) atoms. The second kappa shape index (κ2) is 5.37. The Hall–Kier alpha value is -2.08. The number of anilines is 1. The molecule has 3 rings (SSSR count). The van der Waals surface area contributed by atoms with E-state index in [1.807, 2.05) is 39.0 Å². The predicted molar refractivity (Wildman–Crippen MR) is 84.2 cm³/mol. The van der Waals surface area contributed by atoms with Crippen LogP contribution in [-0.4, -0.2) is 15.0 Å². The van der Waals surface area contributed by atoms with Crippen molar-refractivity contribution in [1.29, 1.82) is 0 Å². The van der Waals surface area contributed by atoms with E-state index in [4.69, 9.17) is 10.2 Å². The van der Waals surface area contributed by atoms with Gasteiger partial charge >= 0.3 is 0 Å². The lowest BCUT2D eigenvalue weighted by atomic mass is 10.2. The first kappa shape index (κ1) is 13.9. The fraction of sp³-hybridized carbons (Fsp3) is 0.267. The number of nitrogens with zero attached hydrogens (tertiary/aromatic N) is 3. The number of rotatable bonds is 3. The second-order valence-electron chi connectivity index (χ2n) is 4.89. The Balaban J connectivity index is 1.82. The van der Waals surface area contributed by atoms with Crippen LogP contribution in [0.25, 0.3) is 11.1 Å². The molecule has 2 N–H and O–H groups in total. The van der Waals surface area contributed by atoms with Crippen LogP contribution in [0.3, 0.4) is 0 Å². The number of fused-ring (bicyclic) bond motifs is 1. The first-order chi connectivity index (χ1) is 10.0. The highest BCUT2D eigenvalue weighted by Gasteiger charge is 2.10. The van der Waals surface area contributed by atoms with E-state index >= 15 is 0 Å². The van der Waals surface area contributed by atoms with Gasteiger partial charge in [-0.3, -0.25) is 0 Å². The maximum Gasteiger partial charge on any atom is 0.206 e. The minimum atomic E-state index is 0.579. The molecule has 0 aliphatic heterocycles. The second-order valence-corrected chi connectivity index (χ2v) is 5.83. The van der Waals surface area contributed by atoms with E-state index in [9.17, 15) is 0 Å². The van der Waals surface area contributed by atoms with Crippen LogP contribution in [0.4, 0.5) is 5.69 Å². The molecule has 1 aromatic carbocycles. The molecule has 2 aromatic heterocycles. The van der Waals surface area contributed by atoms with Gasteiger partial charge in [-0.25, -0.2) is 15.0 Å². The summed E-state index contributed by atoms with van der Waals surface area (Å²) in [4.78, 5) is 13.4. The van der Waals surface area contributed by atoms with E-state index in [1.54, 1.807) is 0 Å². The quantitative estimate of drug-likeness (QED) is 0.453. The van der Waals surface area contributed by atoms with Crippen molar-refractivity contribution in [3.05, 3.63) is 41.0 Å². The first-order valence-electron chi connectivity index (χ1n) is 6.63. The summed E-state index contributed by atoms with van der Waals surface area (Å²) in [5.74, 6) is 1.21. The van der Waals surface area contributed by atoms with Gasteiger partial charge in [0.1, 0.15) is 5.52 Å². The van der Waals surface area contributed by atoms with Gasteiger partial charge in [-0.05, 0) is 38.5 Å². The summed E-state index contributed by atoms with van der Waals surface area (Å²) in [7, 11) is 0. The van der Waals surface area contributed by atoms with Gasteiger partial charge in [0, 0.05) is 11.4 Å². The largest absolute Gasteiger partial charge is 0.440 e. The average molecular weight is 300 g/mol. The molecule has 3 aromatic rings. The Labute approximate surface area is 127 Å². The summed E-state index contributed by atoms with van der Waals surface area (Å²) < 4.78 is 5.69. The van der Waals surface area contributed by atoms with Gasteiger partial charge in [0.2, 0.25) is 5.89 Å². The summed E-state index contributed by atoms with van der Waals surface area (Å²) in [6, 6.07) is 5.54. The molecule has 6 heteroatoms. The minimum Gasteiger partial charge on any atom is -0.440 e. The lowest BCUT2D eigenvalue weighted by molar-refractivity contribution is 0.556. The first-order valence-corrected chi connectivity index (χ1v) is 7.61. The zero-order valence-corrected chi connectivity index (χ0v) is 13.0. The molecule has 5 nitrogen and oxygen atoms in total. The fourth-order valence-corrected chi connectivity index (χ4v) is 2.79. The van der Waals surface area contributed by atoms with Gasteiger partial charge in [0.05, 0.1) is 11.4 Å². The highest BCUT2D eigenvalue weighted by atomic mass is 32.2. The molecule has 0 unspecified atom stereocenters. The van der Waals surface area contributed by atoms with Gasteiger partial charge in [-0.15, -0.1) is 0 Å². The third kappa shape index (κ3) is 2.71. The standard InChI is InChI=1S/C15H16N4OS/c1-8-9(2)17-15(18-10(8)3)21-7-13-19-14-11(16)5-4-6-12(14)20-13/h4-6H,7,16H2,1-3H3. The van der Waals surface area contributed by atoms with E-state index in [1.165, 1.54) is 11.8 Å². The van der Waals surface area contributed by atoms with Gasteiger partial charge < -0.3 is 10.2 Å². The lowest BCUT2D eigenvalue weighted by Crippen LogP contribution is -1.98. The van der Waals surface area contributed by atoms with Crippen molar-refractivity contribution in [3.8, 4) is 0 Å². The van der Waals surface area contributed by atoms with Crippen molar-refractivity contribution in [1.82, 2.24) is 15.0 Å². The van der Waals surface area contributed by atoms with Crippen molar-refractivity contribution >= 4 is 28.5 Å². The summed E-state index contributed by atoms with van der Waals surface area (Å²) >= 11 is 1.51. The van der Waals surface area contributed by atoms with E-state index in [2.05, 4.69) is 15.0 Å². The van der Waals surface area contributed by atoms with Crippen molar-refractivity contribution in [3.63, 3.8) is 0 Å². The van der Waals surface area contributed by atoms with Crippen molar-refractivity contribution in [2.24, 2.45) is 0 Å². The van der Waals surface area contributed by atoms with Crippen molar-refractivity contribution in [2.75, 3.05) is 5.73 Å². The fourth-order valence-electron chi connectivity index (χ4n) is 2.01. The number of hydrogen-bond acceptors (Lipinski definition) is 6. The third-order valence-corrected chi connectivity index (χ3v) is 4.26. The van der Waals surface area contributed by atoms with E-state index in [-0.39, 0.29) is 0 Å². The highest BCUT2D eigenvalue weighted by molar-refractivity contribution is 7.98. The number of nitrogens with two attached hydrogens (primary N) is 1. The van der Waals surface area contributed by atoms with Crippen LogP contribution >= 0.6 is 11.8 Å². The van der Waals surface area contributed by atoms with Gasteiger partial charge in [-0.2, -0.15) is 0 Å². The molecule has 0 amide bonds. The summed E-state index contributed by atoms with van der Waals surface area (Å²) in [6.07, 6.45) is 0. The molecule has 0 bridgehead atoms. The molecule has 108 valence electrons.